The van der Waals surface area contributed by atoms with Gasteiger partial charge in [-0.2, -0.15) is 17.0 Å². The lowest BCUT2D eigenvalue weighted by molar-refractivity contribution is 0.296. The summed E-state index contributed by atoms with van der Waals surface area (Å²) >= 11 is 0. The molecule has 1 heterocycles. The van der Waals surface area contributed by atoms with Crippen molar-refractivity contribution >= 4 is 15.9 Å². The largest absolute Gasteiger partial charge is 0.399 e. The third-order valence-electron chi connectivity index (χ3n) is 4.18. The third kappa shape index (κ3) is 3.39. The first kappa shape index (κ1) is 14.8. The highest BCUT2D eigenvalue weighted by atomic mass is 32.2. The Labute approximate surface area is 126 Å². The summed E-state index contributed by atoms with van der Waals surface area (Å²) in [6.07, 6.45) is 5.00. The molecule has 116 valence electrons. The molecule has 1 aliphatic heterocycles. The molecule has 0 aromatic heterocycles. The van der Waals surface area contributed by atoms with Gasteiger partial charge in [0.05, 0.1) is 0 Å². The minimum Gasteiger partial charge on any atom is -0.399 e. The first-order valence-corrected chi connectivity index (χ1v) is 9.08. The molecule has 1 saturated heterocycles. The van der Waals surface area contributed by atoms with Crippen molar-refractivity contribution in [3.05, 3.63) is 29.8 Å². The van der Waals surface area contributed by atoms with Crippen molar-refractivity contribution in [2.45, 2.75) is 44.7 Å². The van der Waals surface area contributed by atoms with Crippen molar-refractivity contribution in [3.63, 3.8) is 0 Å². The van der Waals surface area contributed by atoms with E-state index in [4.69, 9.17) is 5.73 Å². The first-order valence-electron chi connectivity index (χ1n) is 7.69. The molecule has 0 atom stereocenters. The predicted octanol–water partition coefficient (Wildman–Crippen LogP) is 1.96. The van der Waals surface area contributed by atoms with E-state index in [1.54, 1.807) is 8.61 Å². The smallest absolute Gasteiger partial charge is 0.282 e. The molecule has 2 N–H and O–H groups in total. The maximum Gasteiger partial charge on any atom is 0.282 e. The summed E-state index contributed by atoms with van der Waals surface area (Å²) in [7, 11) is -3.35. The standard InChI is InChI=1S/C15H23N3O2S/c16-14-6-4-5-13(11-14)12-18(15-7-8-15)21(19,20)17-9-2-1-3-10-17/h4-6,11,15H,1-3,7-10,12,16H2. The number of nitrogens with two attached hydrogens (primary N) is 1. The fraction of sp³-hybridized carbons (Fsp3) is 0.600. The van der Waals surface area contributed by atoms with E-state index in [-0.39, 0.29) is 6.04 Å². The lowest BCUT2D eigenvalue weighted by Gasteiger charge is -2.32. The zero-order chi connectivity index (χ0) is 14.9. The summed E-state index contributed by atoms with van der Waals surface area (Å²) in [5, 5.41) is 0. The fourth-order valence-corrected chi connectivity index (χ4v) is 4.79. The summed E-state index contributed by atoms with van der Waals surface area (Å²) in [6, 6.07) is 7.67. The Bertz CT molecular complexity index is 593. The molecule has 0 unspecified atom stereocenters. The summed E-state index contributed by atoms with van der Waals surface area (Å²) in [4.78, 5) is 0. The number of nitrogen functional groups attached to an aromatic ring is 1. The van der Waals surface area contributed by atoms with Crippen LogP contribution in [0.15, 0.2) is 24.3 Å². The molecule has 1 aromatic carbocycles. The molecule has 0 radical (unpaired) electrons. The second-order valence-electron chi connectivity index (χ2n) is 5.99. The summed E-state index contributed by atoms with van der Waals surface area (Å²) in [5.74, 6) is 0. The molecular formula is C15H23N3O2S. The van der Waals surface area contributed by atoms with E-state index in [9.17, 15) is 8.42 Å². The van der Waals surface area contributed by atoms with Crippen LogP contribution in [0, 0.1) is 0 Å². The fourth-order valence-electron chi connectivity index (χ4n) is 2.88. The predicted molar refractivity (Wildman–Crippen MR) is 83.8 cm³/mol. The number of nitrogens with zero attached hydrogens (tertiary/aromatic N) is 2. The van der Waals surface area contributed by atoms with Crippen LogP contribution in [0.2, 0.25) is 0 Å². The highest BCUT2D eigenvalue weighted by Gasteiger charge is 2.40. The van der Waals surface area contributed by atoms with Crippen LogP contribution >= 0.6 is 0 Å². The Kier molecular flexibility index (Phi) is 4.19. The van der Waals surface area contributed by atoms with Gasteiger partial charge in [-0.05, 0) is 43.4 Å². The van der Waals surface area contributed by atoms with Gasteiger partial charge >= 0.3 is 0 Å². The Morgan fingerprint density at radius 3 is 2.52 bits per heavy atom. The highest BCUT2D eigenvalue weighted by molar-refractivity contribution is 7.86. The monoisotopic (exact) mass is 309 g/mol. The SMILES string of the molecule is Nc1cccc(CN(C2CC2)S(=O)(=O)N2CCCCC2)c1. The Hall–Kier alpha value is -1.11. The van der Waals surface area contributed by atoms with Crippen molar-refractivity contribution in [1.82, 2.24) is 8.61 Å². The lowest BCUT2D eigenvalue weighted by atomic mass is 10.2. The lowest BCUT2D eigenvalue weighted by Crippen LogP contribution is -2.46. The Balaban J connectivity index is 1.80. The van der Waals surface area contributed by atoms with Crippen LogP contribution in [0.3, 0.4) is 0 Å². The quantitative estimate of drug-likeness (QED) is 0.846. The van der Waals surface area contributed by atoms with E-state index in [1.165, 1.54) is 0 Å². The average molecular weight is 309 g/mol. The van der Waals surface area contributed by atoms with Gasteiger partial charge in [-0.3, -0.25) is 0 Å². The summed E-state index contributed by atoms with van der Waals surface area (Å²) < 4.78 is 29.1. The molecule has 1 saturated carbocycles. The van der Waals surface area contributed by atoms with Crippen molar-refractivity contribution < 1.29 is 8.42 Å². The van der Waals surface area contributed by atoms with Crippen molar-refractivity contribution in [3.8, 4) is 0 Å². The molecule has 3 rings (SSSR count). The van der Waals surface area contributed by atoms with Gasteiger partial charge in [0.15, 0.2) is 0 Å². The molecule has 1 aromatic rings. The van der Waals surface area contributed by atoms with Gasteiger partial charge in [0.1, 0.15) is 0 Å². The minimum absolute atomic E-state index is 0.165. The molecule has 2 fully saturated rings. The molecule has 6 heteroatoms. The van der Waals surface area contributed by atoms with E-state index in [0.29, 0.717) is 25.3 Å². The Morgan fingerprint density at radius 1 is 1.19 bits per heavy atom. The number of benzene rings is 1. The van der Waals surface area contributed by atoms with E-state index in [2.05, 4.69) is 0 Å². The van der Waals surface area contributed by atoms with E-state index >= 15 is 0 Å². The van der Waals surface area contributed by atoms with Gasteiger partial charge in [-0.25, -0.2) is 0 Å². The van der Waals surface area contributed by atoms with Gasteiger partial charge in [0.2, 0.25) is 0 Å². The number of hydrogen-bond donors (Lipinski definition) is 1. The maximum atomic E-state index is 12.9. The number of hydrogen-bond acceptors (Lipinski definition) is 3. The average Bonchev–Trinajstić information content (AvgIpc) is 3.30. The van der Waals surface area contributed by atoms with Gasteiger partial charge in [-0.1, -0.05) is 18.6 Å². The second kappa shape index (κ2) is 5.94. The molecular weight excluding hydrogens is 286 g/mol. The summed E-state index contributed by atoms with van der Waals surface area (Å²) in [6.45, 7) is 1.74. The van der Waals surface area contributed by atoms with Crippen molar-refractivity contribution in [1.29, 1.82) is 0 Å². The topological polar surface area (TPSA) is 66.6 Å². The van der Waals surface area contributed by atoms with Crippen molar-refractivity contribution in [2.75, 3.05) is 18.8 Å². The zero-order valence-electron chi connectivity index (χ0n) is 12.2. The molecule has 0 bridgehead atoms. The van der Waals surface area contributed by atoms with Crippen LogP contribution < -0.4 is 5.73 Å². The second-order valence-corrected chi connectivity index (χ2v) is 7.87. The maximum absolute atomic E-state index is 12.9. The Morgan fingerprint density at radius 2 is 1.90 bits per heavy atom. The number of anilines is 1. The zero-order valence-corrected chi connectivity index (χ0v) is 13.1. The molecule has 0 amide bonds. The summed E-state index contributed by atoms with van der Waals surface area (Å²) in [5.41, 5.74) is 7.44. The van der Waals surface area contributed by atoms with Crippen LogP contribution in [0.4, 0.5) is 5.69 Å². The van der Waals surface area contributed by atoms with Gasteiger partial charge in [0, 0.05) is 31.4 Å². The molecule has 5 nitrogen and oxygen atoms in total. The molecule has 2 aliphatic rings. The highest BCUT2D eigenvalue weighted by Crippen LogP contribution is 2.33. The van der Waals surface area contributed by atoms with Crippen molar-refractivity contribution in [2.24, 2.45) is 0 Å². The van der Waals surface area contributed by atoms with E-state index < -0.39 is 10.2 Å². The van der Waals surface area contributed by atoms with Crippen LogP contribution in [0.5, 0.6) is 0 Å². The van der Waals surface area contributed by atoms with Gasteiger partial charge in [-0.15, -0.1) is 0 Å². The van der Waals surface area contributed by atoms with Crippen LogP contribution in [-0.2, 0) is 16.8 Å². The number of rotatable bonds is 5. The molecule has 0 spiro atoms. The van der Waals surface area contributed by atoms with Gasteiger partial charge in [0.25, 0.3) is 10.2 Å². The van der Waals surface area contributed by atoms with Crippen LogP contribution in [0.1, 0.15) is 37.7 Å². The number of piperidine rings is 1. The normalized spacial score (nSPS) is 20.8. The van der Waals surface area contributed by atoms with Crippen LogP contribution in [-0.4, -0.2) is 36.2 Å². The molecule has 21 heavy (non-hydrogen) atoms. The van der Waals surface area contributed by atoms with Crippen LogP contribution in [0.25, 0.3) is 0 Å². The van der Waals surface area contributed by atoms with E-state index in [1.807, 2.05) is 24.3 Å². The first-order chi connectivity index (χ1) is 10.1. The third-order valence-corrected chi connectivity index (χ3v) is 6.22. The van der Waals surface area contributed by atoms with Gasteiger partial charge < -0.3 is 5.73 Å². The molecule has 1 aliphatic carbocycles. The minimum atomic E-state index is -3.35. The van der Waals surface area contributed by atoms with E-state index in [0.717, 1.165) is 37.7 Å².